The number of aliphatic hydroxyl groups is 1. The lowest BCUT2D eigenvalue weighted by molar-refractivity contribution is 0.0824. The fraction of sp³-hybridized carbons (Fsp3) is 0.667. The number of hydrogen-bond acceptors (Lipinski definition) is 5. The molecule has 0 bridgehead atoms. The third-order valence-corrected chi connectivity index (χ3v) is 5.06. The SMILES string of the molecule is CCNC(=NCCCN1CCC(O)CC1)NC(C)c1cc(OC)ccc1OC.I. The minimum Gasteiger partial charge on any atom is -0.497 e. The predicted octanol–water partition coefficient (Wildman–Crippen LogP) is 2.78. The highest BCUT2D eigenvalue weighted by Gasteiger charge is 2.16. The number of aliphatic hydroxyl groups excluding tert-OH is 1. The summed E-state index contributed by atoms with van der Waals surface area (Å²) in [6, 6.07) is 5.83. The van der Waals surface area contributed by atoms with E-state index >= 15 is 0 Å². The van der Waals surface area contributed by atoms with Crippen LogP contribution in [0.15, 0.2) is 23.2 Å². The van der Waals surface area contributed by atoms with Crippen LogP contribution in [0.5, 0.6) is 11.5 Å². The standard InChI is InChI=1S/C21H36N4O3.HI/c1-5-22-21(23-11-6-12-25-13-9-17(26)10-14-25)24-16(2)19-15-18(27-3)7-8-20(19)28-4;/h7-8,15-17,26H,5-6,9-14H2,1-4H3,(H2,22,23,24);1H. The lowest BCUT2D eigenvalue weighted by atomic mass is 10.1. The normalized spacial score (nSPS) is 16.7. The molecule has 1 unspecified atom stereocenters. The van der Waals surface area contributed by atoms with Crippen LogP contribution in [0.1, 0.15) is 44.7 Å². The number of nitrogens with one attached hydrogen (secondary N) is 2. The first-order valence-corrected chi connectivity index (χ1v) is 10.2. The molecule has 1 atom stereocenters. The molecule has 1 aliphatic heterocycles. The lowest BCUT2D eigenvalue weighted by Gasteiger charge is -2.29. The summed E-state index contributed by atoms with van der Waals surface area (Å²) in [5.41, 5.74) is 1.03. The third-order valence-electron chi connectivity index (χ3n) is 5.06. The van der Waals surface area contributed by atoms with Gasteiger partial charge < -0.3 is 30.1 Å². The van der Waals surface area contributed by atoms with E-state index in [4.69, 9.17) is 14.5 Å². The largest absolute Gasteiger partial charge is 0.497 e. The molecule has 1 heterocycles. The van der Waals surface area contributed by atoms with Gasteiger partial charge in [-0.15, -0.1) is 24.0 Å². The van der Waals surface area contributed by atoms with Gasteiger partial charge in [-0.25, -0.2) is 0 Å². The molecule has 3 N–H and O–H groups in total. The van der Waals surface area contributed by atoms with Crippen molar-refractivity contribution < 1.29 is 14.6 Å². The van der Waals surface area contributed by atoms with Crippen LogP contribution in [-0.4, -0.2) is 69.0 Å². The van der Waals surface area contributed by atoms with Crippen LogP contribution >= 0.6 is 24.0 Å². The molecule has 29 heavy (non-hydrogen) atoms. The monoisotopic (exact) mass is 520 g/mol. The molecule has 2 rings (SSSR count). The minimum atomic E-state index is -0.117. The second kappa shape index (κ2) is 13.9. The summed E-state index contributed by atoms with van der Waals surface area (Å²) in [4.78, 5) is 7.13. The summed E-state index contributed by atoms with van der Waals surface area (Å²) < 4.78 is 10.9. The van der Waals surface area contributed by atoms with Crippen LogP contribution in [0.4, 0.5) is 0 Å². The second-order valence-electron chi connectivity index (χ2n) is 7.16. The van der Waals surface area contributed by atoms with Crippen molar-refractivity contribution >= 4 is 29.9 Å². The fourth-order valence-electron chi connectivity index (χ4n) is 3.41. The molecule has 1 aliphatic rings. The van der Waals surface area contributed by atoms with Gasteiger partial charge in [0.25, 0.3) is 0 Å². The number of aliphatic imine (C=N–C) groups is 1. The Kier molecular flexibility index (Phi) is 12.3. The number of halogens is 1. The van der Waals surface area contributed by atoms with Gasteiger partial charge in [0.2, 0.25) is 0 Å². The van der Waals surface area contributed by atoms with Crippen LogP contribution in [0.25, 0.3) is 0 Å². The average Bonchev–Trinajstić information content (AvgIpc) is 2.72. The number of guanidine groups is 1. The van der Waals surface area contributed by atoms with Gasteiger partial charge in [-0.2, -0.15) is 0 Å². The van der Waals surface area contributed by atoms with E-state index in [0.717, 1.165) is 75.0 Å². The van der Waals surface area contributed by atoms with Crippen LogP contribution in [0.2, 0.25) is 0 Å². The Labute approximate surface area is 192 Å². The van der Waals surface area contributed by atoms with Gasteiger partial charge in [0.15, 0.2) is 5.96 Å². The van der Waals surface area contributed by atoms with Crippen LogP contribution in [-0.2, 0) is 0 Å². The molecule has 1 aromatic rings. The number of piperidine rings is 1. The number of nitrogens with zero attached hydrogens (tertiary/aromatic N) is 2. The number of benzene rings is 1. The van der Waals surface area contributed by atoms with E-state index in [1.54, 1.807) is 14.2 Å². The number of hydrogen-bond donors (Lipinski definition) is 3. The van der Waals surface area contributed by atoms with Crippen LogP contribution in [0, 0.1) is 0 Å². The van der Waals surface area contributed by atoms with Crippen molar-refractivity contribution in [2.45, 2.75) is 45.3 Å². The molecule has 8 heteroatoms. The Bertz CT molecular complexity index is 622. The Morgan fingerprint density at radius 2 is 2.00 bits per heavy atom. The van der Waals surface area contributed by atoms with Crippen LogP contribution < -0.4 is 20.1 Å². The summed E-state index contributed by atoms with van der Waals surface area (Å²) >= 11 is 0. The van der Waals surface area contributed by atoms with E-state index in [9.17, 15) is 5.11 Å². The van der Waals surface area contributed by atoms with Gasteiger partial charge in [-0.3, -0.25) is 4.99 Å². The van der Waals surface area contributed by atoms with E-state index in [-0.39, 0.29) is 36.1 Å². The Hall–Kier alpha value is -1.26. The molecule has 0 aromatic heterocycles. The van der Waals surface area contributed by atoms with Crippen molar-refractivity contribution in [3.05, 3.63) is 23.8 Å². The van der Waals surface area contributed by atoms with E-state index in [0.29, 0.717) is 0 Å². The molecule has 0 aliphatic carbocycles. The van der Waals surface area contributed by atoms with Gasteiger partial charge in [-0.1, -0.05) is 0 Å². The molecule has 0 amide bonds. The molecule has 0 radical (unpaired) electrons. The zero-order chi connectivity index (χ0) is 20.4. The molecular formula is C21H37IN4O3. The Morgan fingerprint density at radius 1 is 1.28 bits per heavy atom. The third kappa shape index (κ3) is 8.55. The maximum atomic E-state index is 9.60. The molecule has 0 saturated carbocycles. The average molecular weight is 520 g/mol. The Balaban J connectivity index is 0.00000420. The molecule has 1 aromatic carbocycles. The zero-order valence-electron chi connectivity index (χ0n) is 18.1. The number of likely N-dealkylation sites (tertiary alicyclic amines) is 1. The molecule has 166 valence electrons. The summed E-state index contributed by atoms with van der Waals surface area (Å²) in [6.07, 6.45) is 2.65. The number of rotatable bonds is 9. The van der Waals surface area contributed by atoms with Crippen molar-refractivity contribution in [2.24, 2.45) is 4.99 Å². The smallest absolute Gasteiger partial charge is 0.191 e. The maximum absolute atomic E-state index is 9.60. The van der Waals surface area contributed by atoms with Crippen molar-refractivity contribution in [1.29, 1.82) is 0 Å². The molecule has 1 fully saturated rings. The number of methoxy groups -OCH3 is 2. The molecule has 7 nitrogen and oxygen atoms in total. The fourth-order valence-corrected chi connectivity index (χ4v) is 3.41. The van der Waals surface area contributed by atoms with Gasteiger partial charge in [-0.05, 0) is 57.9 Å². The highest BCUT2D eigenvalue weighted by atomic mass is 127. The van der Waals surface area contributed by atoms with Crippen molar-refractivity contribution in [2.75, 3.05) is 46.9 Å². The first-order chi connectivity index (χ1) is 13.6. The van der Waals surface area contributed by atoms with E-state index in [2.05, 4.69) is 29.4 Å². The molecule has 0 spiro atoms. The van der Waals surface area contributed by atoms with E-state index in [1.165, 1.54) is 0 Å². The first-order valence-electron chi connectivity index (χ1n) is 10.2. The van der Waals surface area contributed by atoms with Gasteiger partial charge in [0, 0.05) is 31.7 Å². The highest BCUT2D eigenvalue weighted by Crippen LogP contribution is 2.29. The predicted molar refractivity (Wildman–Crippen MR) is 129 cm³/mol. The van der Waals surface area contributed by atoms with Crippen molar-refractivity contribution in [3.8, 4) is 11.5 Å². The summed E-state index contributed by atoms with van der Waals surface area (Å²) in [7, 11) is 3.34. The molecular weight excluding hydrogens is 483 g/mol. The van der Waals surface area contributed by atoms with Crippen molar-refractivity contribution in [3.63, 3.8) is 0 Å². The van der Waals surface area contributed by atoms with Gasteiger partial charge in [0.05, 0.1) is 26.4 Å². The van der Waals surface area contributed by atoms with Gasteiger partial charge >= 0.3 is 0 Å². The first kappa shape index (κ1) is 25.8. The van der Waals surface area contributed by atoms with E-state index in [1.807, 2.05) is 18.2 Å². The number of ether oxygens (including phenoxy) is 2. The van der Waals surface area contributed by atoms with E-state index < -0.39 is 0 Å². The zero-order valence-corrected chi connectivity index (χ0v) is 20.4. The lowest BCUT2D eigenvalue weighted by Crippen LogP contribution is -2.39. The quantitative estimate of drug-likeness (QED) is 0.201. The van der Waals surface area contributed by atoms with Crippen LogP contribution in [0.3, 0.4) is 0 Å². The summed E-state index contributed by atoms with van der Waals surface area (Å²) in [6.45, 7) is 8.70. The van der Waals surface area contributed by atoms with Gasteiger partial charge in [0.1, 0.15) is 11.5 Å². The summed E-state index contributed by atoms with van der Waals surface area (Å²) in [5.74, 6) is 2.43. The second-order valence-corrected chi connectivity index (χ2v) is 7.16. The maximum Gasteiger partial charge on any atom is 0.191 e. The minimum absolute atomic E-state index is 0. The summed E-state index contributed by atoms with van der Waals surface area (Å²) in [5, 5.41) is 16.4. The molecule has 1 saturated heterocycles. The topological polar surface area (TPSA) is 78.4 Å². The van der Waals surface area contributed by atoms with Crippen molar-refractivity contribution in [1.82, 2.24) is 15.5 Å². The Morgan fingerprint density at radius 3 is 2.62 bits per heavy atom. The highest BCUT2D eigenvalue weighted by molar-refractivity contribution is 14.0.